The van der Waals surface area contributed by atoms with Gasteiger partial charge < -0.3 is 31.6 Å². The highest BCUT2D eigenvalue weighted by Crippen LogP contribution is 2.19. The Morgan fingerprint density at radius 2 is 1.04 bits per heavy atom. The minimum atomic E-state index is -0.433. The summed E-state index contributed by atoms with van der Waals surface area (Å²) in [5, 5.41) is 5.47. The second-order valence-electron chi connectivity index (χ2n) is 8.99. The molecule has 0 aromatic rings. The van der Waals surface area contributed by atoms with Crippen LogP contribution in [-0.2, 0) is 9.47 Å². The summed E-state index contributed by atoms with van der Waals surface area (Å²) in [4.78, 5) is 22.4. The molecule has 0 aromatic heterocycles. The minimum Gasteiger partial charge on any atom is -0.444 e. The molecular formula is C18H36N4O4. The van der Waals surface area contributed by atoms with E-state index in [4.69, 9.17) is 20.9 Å². The number of ether oxygens (including phenoxy) is 2. The van der Waals surface area contributed by atoms with E-state index in [1.807, 2.05) is 41.5 Å². The topological polar surface area (TPSA) is 129 Å². The van der Waals surface area contributed by atoms with E-state index in [9.17, 15) is 9.59 Å². The molecule has 2 saturated carbocycles. The van der Waals surface area contributed by atoms with Crippen molar-refractivity contribution in [2.24, 2.45) is 11.5 Å². The van der Waals surface area contributed by atoms with Crippen molar-refractivity contribution < 1.29 is 19.1 Å². The van der Waals surface area contributed by atoms with Gasteiger partial charge in [-0.15, -0.1) is 0 Å². The number of rotatable bonds is 2. The molecule has 0 saturated heterocycles. The van der Waals surface area contributed by atoms with E-state index >= 15 is 0 Å². The van der Waals surface area contributed by atoms with Gasteiger partial charge in [0.1, 0.15) is 11.2 Å². The maximum atomic E-state index is 11.2. The predicted molar refractivity (Wildman–Crippen MR) is 101 cm³/mol. The number of carbonyl (C=O) groups is 2. The summed E-state index contributed by atoms with van der Waals surface area (Å²) in [6.45, 7) is 11.0. The number of nitrogens with two attached hydrogens (primary N) is 2. The Balaban J connectivity index is 0.000000260. The number of carbonyl (C=O) groups excluding carboxylic acids is 2. The molecule has 4 atom stereocenters. The van der Waals surface area contributed by atoms with Crippen molar-refractivity contribution in [1.29, 1.82) is 0 Å². The van der Waals surface area contributed by atoms with E-state index in [1.165, 1.54) is 0 Å². The highest BCUT2D eigenvalue weighted by Gasteiger charge is 2.31. The van der Waals surface area contributed by atoms with Gasteiger partial charge in [0.25, 0.3) is 0 Å². The zero-order valence-electron chi connectivity index (χ0n) is 16.9. The SMILES string of the molecule is CC(C)(C)OC(=O)N[C@@H]1CC[C@H]1N.CC(C)(C)OC(=O)N[C@H]1CC[C@@H]1N. The molecule has 0 aromatic carbocycles. The smallest absolute Gasteiger partial charge is 0.407 e. The fourth-order valence-electron chi connectivity index (χ4n) is 2.33. The molecule has 0 bridgehead atoms. The minimum absolute atomic E-state index is 0.104. The molecule has 0 spiro atoms. The summed E-state index contributed by atoms with van der Waals surface area (Å²) in [5.74, 6) is 0. The summed E-state index contributed by atoms with van der Waals surface area (Å²) in [6.07, 6.45) is 3.15. The molecule has 2 rings (SSSR count). The first-order valence-corrected chi connectivity index (χ1v) is 9.27. The molecule has 2 aliphatic rings. The number of alkyl carbamates (subject to hydrolysis) is 2. The van der Waals surface area contributed by atoms with Gasteiger partial charge in [0.05, 0.1) is 0 Å². The molecule has 0 heterocycles. The molecule has 0 aliphatic heterocycles. The van der Waals surface area contributed by atoms with Crippen LogP contribution < -0.4 is 22.1 Å². The van der Waals surface area contributed by atoms with E-state index in [-0.39, 0.29) is 36.4 Å². The van der Waals surface area contributed by atoms with Gasteiger partial charge in [-0.3, -0.25) is 0 Å². The van der Waals surface area contributed by atoms with Crippen molar-refractivity contribution in [2.45, 2.75) is 103 Å². The van der Waals surface area contributed by atoms with Gasteiger partial charge in [-0.05, 0) is 67.2 Å². The Hall–Kier alpha value is -1.54. The molecule has 2 amide bonds. The summed E-state index contributed by atoms with van der Waals surface area (Å²) in [6, 6.07) is 0.421. The Morgan fingerprint density at radius 1 is 0.731 bits per heavy atom. The third kappa shape index (κ3) is 8.71. The van der Waals surface area contributed by atoms with Gasteiger partial charge in [-0.25, -0.2) is 9.59 Å². The van der Waals surface area contributed by atoms with Crippen molar-refractivity contribution >= 4 is 12.2 Å². The van der Waals surface area contributed by atoms with Crippen LogP contribution in [0.2, 0.25) is 0 Å². The Kier molecular flexibility index (Phi) is 7.70. The molecule has 2 fully saturated rings. The zero-order valence-corrected chi connectivity index (χ0v) is 16.9. The molecule has 6 N–H and O–H groups in total. The first kappa shape index (κ1) is 22.5. The highest BCUT2D eigenvalue weighted by atomic mass is 16.6. The number of hydrogen-bond donors (Lipinski definition) is 4. The van der Waals surface area contributed by atoms with Crippen molar-refractivity contribution in [2.75, 3.05) is 0 Å². The lowest BCUT2D eigenvalue weighted by atomic mass is 9.87. The monoisotopic (exact) mass is 372 g/mol. The fourth-order valence-corrected chi connectivity index (χ4v) is 2.33. The van der Waals surface area contributed by atoms with Crippen LogP contribution in [0.15, 0.2) is 0 Å². The Morgan fingerprint density at radius 3 is 1.19 bits per heavy atom. The average molecular weight is 373 g/mol. The molecule has 26 heavy (non-hydrogen) atoms. The predicted octanol–water partition coefficient (Wildman–Crippen LogP) is 2.00. The van der Waals surface area contributed by atoms with E-state index in [2.05, 4.69) is 10.6 Å². The zero-order chi connectivity index (χ0) is 20.1. The van der Waals surface area contributed by atoms with Crippen molar-refractivity contribution in [1.82, 2.24) is 10.6 Å². The van der Waals surface area contributed by atoms with E-state index in [0.717, 1.165) is 25.7 Å². The summed E-state index contributed by atoms with van der Waals surface area (Å²) in [7, 11) is 0. The third-order valence-electron chi connectivity index (χ3n) is 4.06. The second-order valence-corrected chi connectivity index (χ2v) is 8.99. The maximum absolute atomic E-state index is 11.2. The second kappa shape index (κ2) is 8.90. The van der Waals surface area contributed by atoms with E-state index < -0.39 is 11.2 Å². The van der Waals surface area contributed by atoms with Crippen LogP contribution in [0.5, 0.6) is 0 Å². The number of amides is 2. The highest BCUT2D eigenvalue weighted by molar-refractivity contribution is 5.68. The van der Waals surface area contributed by atoms with Gasteiger partial charge in [-0.2, -0.15) is 0 Å². The van der Waals surface area contributed by atoms with Crippen LogP contribution in [0.3, 0.4) is 0 Å². The molecule has 8 heteroatoms. The van der Waals surface area contributed by atoms with Crippen molar-refractivity contribution in [3.05, 3.63) is 0 Å². The van der Waals surface area contributed by atoms with Crippen LogP contribution in [0, 0.1) is 0 Å². The normalized spacial score (nSPS) is 27.7. The summed E-state index contributed by atoms with van der Waals surface area (Å²) >= 11 is 0. The average Bonchev–Trinajstić information content (AvgIpc) is 2.44. The lowest BCUT2D eigenvalue weighted by Gasteiger charge is -2.34. The van der Waals surface area contributed by atoms with Gasteiger partial charge in [-0.1, -0.05) is 0 Å². The largest absolute Gasteiger partial charge is 0.444 e. The molecule has 0 unspecified atom stereocenters. The Bertz CT molecular complexity index is 441. The van der Waals surface area contributed by atoms with Crippen LogP contribution in [0.25, 0.3) is 0 Å². The van der Waals surface area contributed by atoms with Crippen molar-refractivity contribution in [3.8, 4) is 0 Å². The summed E-state index contributed by atoms with van der Waals surface area (Å²) in [5.41, 5.74) is 10.5. The van der Waals surface area contributed by atoms with Crippen LogP contribution >= 0.6 is 0 Å². The van der Waals surface area contributed by atoms with Gasteiger partial charge in [0, 0.05) is 24.2 Å². The number of hydrogen-bond acceptors (Lipinski definition) is 6. The third-order valence-corrected chi connectivity index (χ3v) is 4.06. The number of nitrogens with one attached hydrogen (secondary N) is 2. The van der Waals surface area contributed by atoms with Crippen LogP contribution in [0.4, 0.5) is 9.59 Å². The quantitative estimate of drug-likeness (QED) is 0.587. The van der Waals surface area contributed by atoms with Gasteiger partial charge >= 0.3 is 12.2 Å². The Labute approximate surface area is 156 Å². The summed E-state index contributed by atoms with van der Waals surface area (Å²) < 4.78 is 10.2. The first-order valence-electron chi connectivity index (χ1n) is 9.27. The van der Waals surface area contributed by atoms with E-state index in [1.54, 1.807) is 0 Å². The van der Waals surface area contributed by atoms with Crippen LogP contribution in [-0.4, -0.2) is 47.6 Å². The van der Waals surface area contributed by atoms with Crippen LogP contribution in [0.1, 0.15) is 67.2 Å². The molecule has 0 radical (unpaired) electrons. The van der Waals surface area contributed by atoms with E-state index in [0.29, 0.717) is 0 Å². The standard InChI is InChI=1S/2C9H18N2O2/c2*1-9(2,3)13-8(12)11-7-5-4-6(7)10/h2*6-7H,4-5,10H2,1-3H3,(H,11,12)/t2*6-,7-/m10/s1. The fraction of sp³-hybridized carbons (Fsp3) is 0.889. The lowest BCUT2D eigenvalue weighted by molar-refractivity contribution is 0.0456. The molecule has 2 aliphatic carbocycles. The van der Waals surface area contributed by atoms with Gasteiger partial charge in [0.15, 0.2) is 0 Å². The molecule has 8 nitrogen and oxygen atoms in total. The lowest BCUT2D eigenvalue weighted by Crippen LogP contribution is -2.55. The molecule has 152 valence electrons. The van der Waals surface area contributed by atoms with Gasteiger partial charge in [0.2, 0.25) is 0 Å². The maximum Gasteiger partial charge on any atom is 0.407 e. The van der Waals surface area contributed by atoms with Crippen molar-refractivity contribution in [3.63, 3.8) is 0 Å². The molecular weight excluding hydrogens is 336 g/mol. The first-order chi connectivity index (χ1) is 11.8.